The number of likely N-dealkylation sites (N-methyl/N-ethyl adjacent to an activating group) is 1. The molecule has 1 amide bonds. The van der Waals surface area contributed by atoms with E-state index < -0.39 is 5.60 Å². The van der Waals surface area contributed by atoms with Gasteiger partial charge in [0.05, 0.1) is 18.3 Å². The van der Waals surface area contributed by atoms with Crippen molar-refractivity contribution in [2.45, 2.75) is 18.6 Å². The molecule has 1 saturated heterocycles. The summed E-state index contributed by atoms with van der Waals surface area (Å²) in [6.07, 6.45) is 3.84. The highest BCUT2D eigenvalue weighted by Gasteiger charge is 2.33. The van der Waals surface area contributed by atoms with E-state index in [4.69, 9.17) is 0 Å². The number of amides is 1. The maximum absolute atomic E-state index is 11.8. The molecule has 1 aromatic heterocycles. The quantitative estimate of drug-likeness (QED) is 0.665. The Morgan fingerprint density at radius 2 is 2.53 bits per heavy atom. The van der Waals surface area contributed by atoms with Crippen LogP contribution >= 0.6 is 0 Å². The van der Waals surface area contributed by atoms with Crippen LogP contribution in [0.2, 0.25) is 0 Å². The number of nitrogens with one attached hydrogen (secondary N) is 1. The van der Waals surface area contributed by atoms with Crippen LogP contribution in [0.15, 0.2) is 12.4 Å². The second-order valence-electron chi connectivity index (χ2n) is 4.50. The molecule has 1 atom stereocenters. The van der Waals surface area contributed by atoms with Crippen LogP contribution in [0.4, 0.5) is 0 Å². The number of β-amino-alcohol motifs (C(OH)–C–C–N with tert-alkyl or cyclic N) is 1. The molecule has 2 rings (SSSR count). The molecular weight excluding hydrogens is 222 g/mol. The first-order valence-corrected chi connectivity index (χ1v) is 5.60. The SMILES string of the molecule is CN(CC1(O)CCNC1)C(=O)Cn1ccnn1. The van der Waals surface area contributed by atoms with Crippen molar-refractivity contribution < 1.29 is 9.90 Å². The van der Waals surface area contributed by atoms with Crippen molar-refractivity contribution in [3.05, 3.63) is 12.4 Å². The first-order chi connectivity index (χ1) is 8.09. The zero-order valence-electron chi connectivity index (χ0n) is 9.83. The Balaban J connectivity index is 1.87. The van der Waals surface area contributed by atoms with Crippen LogP contribution in [-0.4, -0.2) is 63.2 Å². The van der Waals surface area contributed by atoms with Gasteiger partial charge in [-0.1, -0.05) is 5.21 Å². The highest BCUT2D eigenvalue weighted by atomic mass is 16.3. The third-order valence-corrected chi connectivity index (χ3v) is 2.95. The summed E-state index contributed by atoms with van der Waals surface area (Å²) >= 11 is 0. The van der Waals surface area contributed by atoms with E-state index in [2.05, 4.69) is 15.6 Å². The Kier molecular flexibility index (Phi) is 3.39. The molecule has 17 heavy (non-hydrogen) atoms. The molecule has 1 aliphatic heterocycles. The summed E-state index contributed by atoms with van der Waals surface area (Å²) in [7, 11) is 1.69. The molecule has 1 fully saturated rings. The summed E-state index contributed by atoms with van der Waals surface area (Å²) in [6.45, 7) is 1.82. The number of carbonyl (C=O) groups excluding carboxylic acids is 1. The zero-order valence-corrected chi connectivity index (χ0v) is 9.83. The van der Waals surface area contributed by atoms with Gasteiger partial charge in [0.1, 0.15) is 6.54 Å². The van der Waals surface area contributed by atoms with Crippen molar-refractivity contribution in [3.8, 4) is 0 Å². The maximum Gasteiger partial charge on any atom is 0.244 e. The van der Waals surface area contributed by atoms with Crippen molar-refractivity contribution in [2.75, 3.05) is 26.7 Å². The van der Waals surface area contributed by atoms with Crippen LogP contribution in [0.5, 0.6) is 0 Å². The van der Waals surface area contributed by atoms with E-state index in [-0.39, 0.29) is 12.5 Å². The summed E-state index contributed by atoms with van der Waals surface area (Å²) < 4.78 is 1.47. The van der Waals surface area contributed by atoms with E-state index in [0.29, 0.717) is 19.5 Å². The Morgan fingerprint density at radius 1 is 1.71 bits per heavy atom. The highest BCUT2D eigenvalue weighted by molar-refractivity contribution is 5.75. The Hall–Kier alpha value is -1.47. The summed E-state index contributed by atoms with van der Waals surface area (Å²) in [5.41, 5.74) is -0.799. The van der Waals surface area contributed by atoms with Crippen molar-refractivity contribution in [1.29, 1.82) is 0 Å². The fourth-order valence-electron chi connectivity index (χ4n) is 1.97. The molecule has 2 heterocycles. The molecule has 7 heteroatoms. The van der Waals surface area contributed by atoms with Crippen molar-refractivity contribution in [3.63, 3.8) is 0 Å². The van der Waals surface area contributed by atoms with E-state index in [1.54, 1.807) is 13.2 Å². The van der Waals surface area contributed by atoms with Gasteiger partial charge in [0.15, 0.2) is 0 Å². The molecule has 0 spiro atoms. The third kappa shape index (κ3) is 3.01. The summed E-state index contributed by atoms with van der Waals surface area (Å²) in [5, 5.41) is 20.6. The number of carbonyl (C=O) groups is 1. The Morgan fingerprint density at radius 3 is 3.12 bits per heavy atom. The Labute approximate surface area is 99.4 Å². The molecule has 0 radical (unpaired) electrons. The van der Waals surface area contributed by atoms with Gasteiger partial charge >= 0.3 is 0 Å². The number of hydrogen-bond acceptors (Lipinski definition) is 5. The van der Waals surface area contributed by atoms with Crippen molar-refractivity contribution >= 4 is 5.91 Å². The molecule has 2 N–H and O–H groups in total. The van der Waals surface area contributed by atoms with Gasteiger partial charge in [-0.25, -0.2) is 4.68 Å². The van der Waals surface area contributed by atoms with E-state index in [1.807, 2.05) is 0 Å². The van der Waals surface area contributed by atoms with Crippen LogP contribution in [0.3, 0.4) is 0 Å². The minimum Gasteiger partial charge on any atom is -0.387 e. The van der Waals surface area contributed by atoms with Gasteiger partial charge in [0, 0.05) is 19.8 Å². The predicted octanol–water partition coefficient (Wildman–Crippen LogP) is -1.54. The number of hydrogen-bond donors (Lipinski definition) is 2. The number of aromatic nitrogens is 3. The lowest BCUT2D eigenvalue weighted by atomic mass is 10.0. The predicted molar refractivity (Wildman–Crippen MR) is 60.1 cm³/mol. The maximum atomic E-state index is 11.8. The highest BCUT2D eigenvalue weighted by Crippen LogP contribution is 2.15. The van der Waals surface area contributed by atoms with Gasteiger partial charge < -0.3 is 15.3 Å². The lowest BCUT2D eigenvalue weighted by Crippen LogP contribution is -2.46. The standard InChI is InChI=1S/C10H17N5O2/c1-14(8-10(17)2-3-11-7-10)9(16)6-15-5-4-12-13-15/h4-5,11,17H,2-3,6-8H2,1H3. The minimum absolute atomic E-state index is 0.0872. The van der Waals surface area contributed by atoms with E-state index >= 15 is 0 Å². The molecule has 0 bridgehead atoms. The molecule has 94 valence electrons. The largest absolute Gasteiger partial charge is 0.387 e. The lowest BCUT2D eigenvalue weighted by Gasteiger charge is -2.27. The van der Waals surface area contributed by atoms with Crippen LogP contribution < -0.4 is 5.32 Å². The fraction of sp³-hybridized carbons (Fsp3) is 0.700. The van der Waals surface area contributed by atoms with E-state index in [1.165, 1.54) is 15.8 Å². The summed E-state index contributed by atoms with van der Waals surface area (Å²) in [6, 6.07) is 0. The molecule has 0 aromatic carbocycles. The smallest absolute Gasteiger partial charge is 0.244 e. The molecule has 1 aliphatic rings. The molecule has 1 aromatic rings. The molecule has 7 nitrogen and oxygen atoms in total. The molecule has 0 aliphatic carbocycles. The van der Waals surface area contributed by atoms with Gasteiger partial charge in [-0.15, -0.1) is 5.10 Å². The second kappa shape index (κ2) is 4.80. The normalized spacial score (nSPS) is 23.9. The number of aliphatic hydroxyl groups is 1. The lowest BCUT2D eigenvalue weighted by molar-refractivity contribution is -0.133. The fourth-order valence-corrected chi connectivity index (χ4v) is 1.97. The van der Waals surface area contributed by atoms with Gasteiger partial charge in [-0.2, -0.15) is 0 Å². The van der Waals surface area contributed by atoms with Crippen LogP contribution in [-0.2, 0) is 11.3 Å². The number of rotatable bonds is 4. The minimum atomic E-state index is -0.799. The second-order valence-corrected chi connectivity index (χ2v) is 4.50. The van der Waals surface area contributed by atoms with Gasteiger partial charge in [-0.05, 0) is 13.0 Å². The van der Waals surface area contributed by atoms with Crippen molar-refractivity contribution in [2.24, 2.45) is 0 Å². The zero-order chi connectivity index (χ0) is 12.3. The van der Waals surface area contributed by atoms with Crippen molar-refractivity contribution in [1.82, 2.24) is 25.2 Å². The van der Waals surface area contributed by atoms with Gasteiger partial charge in [0.25, 0.3) is 0 Å². The topological polar surface area (TPSA) is 83.3 Å². The Bertz CT molecular complexity index is 372. The van der Waals surface area contributed by atoms with Gasteiger partial charge in [0.2, 0.25) is 5.91 Å². The van der Waals surface area contributed by atoms with Crippen LogP contribution in [0, 0.1) is 0 Å². The average molecular weight is 239 g/mol. The molecule has 1 unspecified atom stereocenters. The number of nitrogens with zero attached hydrogens (tertiary/aromatic N) is 4. The average Bonchev–Trinajstić information content (AvgIpc) is 2.90. The summed E-state index contributed by atoms with van der Waals surface area (Å²) in [5.74, 6) is -0.0872. The molecule has 0 saturated carbocycles. The van der Waals surface area contributed by atoms with E-state index in [0.717, 1.165) is 6.54 Å². The first kappa shape index (κ1) is 12.0. The van der Waals surface area contributed by atoms with Crippen LogP contribution in [0.25, 0.3) is 0 Å². The van der Waals surface area contributed by atoms with Gasteiger partial charge in [-0.3, -0.25) is 4.79 Å². The summed E-state index contributed by atoms with van der Waals surface area (Å²) in [4.78, 5) is 13.4. The monoisotopic (exact) mass is 239 g/mol. The molecular formula is C10H17N5O2. The van der Waals surface area contributed by atoms with E-state index in [9.17, 15) is 9.90 Å². The third-order valence-electron chi connectivity index (χ3n) is 2.95. The first-order valence-electron chi connectivity index (χ1n) is 5.60. The van der Waals surface area contributed by atoms with Crippen LogP contribution in [0.1, 0.15) is 6.42 Å².